The second-order valence-electron chi connectivity index (χ2n) is 6.74. The summed E-state index contributed by atoms with van der Waals surface area (Å²) in [7, 11) is -3.05. The van der Waals surface area contributed by atoms with Crippen molar-refractivity contribution in [3.8, 4) is 6.07 Å². The van der Waals surface area contributed by atoms with E-state index in [4.69, 9.17) is 0 Å². The summed E-state index contributed by atoms with van der Waals surface area (Å²) in [5.41, 5.74) is 0. The third-order valence-electron chi connectivity index (χ3n) is 4.17. The molecule has 0 spiro atoms. The summed E-state index contributed by atoms with van der Waals surface area (Å²) >= 11 is 0. The maximum atomic E-state index is 12.1. The molecule has 1 fully saturated rings. The molecule has 1 aliphatic rings. The monoisotopic (exact) mass is 315 g/mol. The first-order chi connectivity index (χ1) is 9.71. The predicted octanol–water partition coefficient (Wildman–Crippen LogP) is 1.51. The molecule has 1 aliphatic heterocycles. The summed E-state index contributed by atoms with van der Waals surface area (Å²) in [6.45, 7) is 11.4. The van der Waals surface area contributed by atoms with Gasteiger partial charge in [0.2, 0.25) is 0 Å². The summed E-state index contributed by atoms with van der Waals surface area (Å²) in [6, 6.07) is 2.38. The van der Waals surface area contributed by atoms with Crippen LogP contribution >= 0.6 is 0 Å². The van der Waals surface area contributed by atoms with E-state index in [1.54, 1.807) is 20.8 Å². The van der Waals surface area contributed by atoms with Crippen LogP contribution in [0.15, 0.2) is 0 Å². The average molecular weight is 315 g/mol. The maximum Gasteiger partial charge on any atom is 0.156 e. The van der Waals surface area contributed by atoms with Gasteiger partial charge in [-0.25, -0.2) is 8.42 Å². The van der Waals surface area contributed by atoms with Gasteiger partial charge >= 0.3 is 0 Å². The van der Waals surface area contributed by atoms with E-state index in [2.05, 4.69) is 22.8 Å². The molecule has 0 amide bonds. The highest BCUT2D eigenvalue weighted by molar-refractivity contribution is 7.92. The van der Waals surface area contributed by atoms with Crippen molar-refractivity contribution in [2.45, 2.75) is 51.3 Å². The zero-order valence-electron chi connectivity index (χ0n) is 13.8. The molecule has 21 heavy (non-hydrogen) atoms. The molecule has 0 saturated carbocycles. The van der Waals surface area contributed by atoms with Crippen LogP contribution in [-0.4, -0.2) is 67.5 Å². The molecule has 5 nitrogen and oxygen atoms in total. The van der Waals surface area contributed by atoms with E-state index in [1.807, 2.05) is 0 Å². The number of rotatable bonds is 6. The molecule has 6 heteroatoms. The first-order valence-corrected chi connectivity index (χ1v) is 9.45. The number of piperazine rings is 1. The molecule has 0 aromatic rings. The SMILES string of the molecule is CCCC(C#N)N1CCN(CCS(=O)(=O)C(C)(C)C)CC1. The molecule has 0 N–H and O–H groups in total. The second kappa shape index (κ2) is 7.57. The molecular weight excluding hydrogens is 286 g/mol. The topological polar surface area (TPSA) is 64.4 Å². The van der Waals surface area contributed by atoms with Gasteiger partial charge in [-0.15, -0.1) is 0 Å². The fourth-order valence-corrected chi connectivity index (χ4v) is 3.57. The zero-order valence-corrected chi connectivity index (χ0v) is 14.6. The Bertz CT molecular complexity index is 454. The fraction of sp³-hybridized carbons (Fsp3) is 0.933. The Morgan fingerprint density at radius 3 is 2.19 bits per heavy atom. The van der Waals surface area contributed by atoms with Crippen LogP contribution in [0.1, 0.15) is 40.5 Å². The summed E-state index contributed by atoms with van der Waals surface area (Å²) < 4.78 is 23.6. The van der Waals surface area contributed by atoms with Crippen molar-refractivity contribution in [2.75, 3.05) is 38.5 Å². The van der Waals surface area contributed by atoms with Crippen molar-refractivity contribution in [1.82, 2.24) is 9.80 Å². The van der Waals surface area contributed by atoms with Gasteiger partial charge < -0.3 is 0 Å². The van der Waals surface area contributed by atoms with Gasteiger partial charge in [-0.05, 0) is 27.2 Å². The highest BCUT2D eigenvalue weighted by atomic mass is 32.2. The van der Waals surface area contributed by atoms with E-state index >= 15 is 0 Å². The summed E-state index contributed by atoms with van der Waals surface area (Å²) in [6.07, 6.45) is 1.93. The summed E-state index contributed by atoms with van der Waals surface area (Å²) in [5, 5.41) is 9.19. The van der Waals surface area contributed by atoms with Gasteiger partial charge in [-0.2, -0.15) is 5.26 Å². The molecule has 1 unspecified atom stereocenters. The number of sulfone groups is 1. The van der Waals surface area contributed by atoms with Gasteiger partial charge in [0.05, 0.1) is 22.6 Å². The number of nitriles is 1. The quantitative estimate of drug-likeness (QED) is 0.743. The lowest BCUT2D eigenvalue weighted by atomic mass is 10.1. The van der Waals surface area contributed by atoms with Gasteiger partial charge in [0.15, 0.2) is 9.84 Å². The van der Waals surface area contributed by atoms with E-state index in [0.29, 0.717) is 6.54 Å². The van der Waals surface area contributed by atoms with Crippen LogP contribution in [0.3, 0.4) is 0 Å². The standard InChI is InChI=1S/C15H29N3O2S/c1-5-6-14(13-16)18-9-7-17(8-10-18)11-12-21(19,20)15(2,3)4/h14H,5-12H2,1-4H3. The second-order valence-corrected chi connectivity index (χ2v) is 9.60. The molecule has 1 atom stereocenters. The third kappa shape index (κ3) is 5.24. The molecule has 1 saturated heterocycles. The molecule has 0 aliphatic carbocycles. The van der Waals surface area contributed by atoms with Crippen molar-refractivity contribution in [3.63, 3.8) is 0 Å². The lowest BCUT2D eigenvalue weighted by Gasteiger charge is -2.37. The first kappa shape index (κ1) is 18.4. The van der Waals surface area contributed by atoms with E-state index in [0.717, 1.165) is 39.0 Å². The molecular formula is C15H29N3O2S. The Balaban J connectivity index is 2.43. The first-order valence-electron chi connectivity index (χ1n) is 7.79. The minimum atomic E-state index is -3.05. The van der Waals surface area contributed by atoms with Crippen LogP contribution in [0.2, 0.25) is 0 Å². The van der Waals surface area contributed by atoms with Crippen molar-refractivity contribution in [1.29, 1.82) is 5.26 Å². The van der Waals surface area contributed by atoms with Gasteiger partial charge in [0.25, 0.3) is 0 Å². The van der Waals surface area contributed by atoms with E-state index in [-0.39, 0.29) is 11.8 Å². The van der Waals surface area contributed by atoms with Crippen molar-refractivity contribution < 1.29 is 8.42 Å². The van der Waals surface area contributed by atoms with Crippen LogP contribution in [-0.2, 0) is 9.84 Å². The summed E-state index contributed by atoms with van der Waals surface area (Å²) in [4.78, 5) is 4.42. The van der Waals surface area contributed by atoms with Crippen molar-refractivity contribution >= 4 is 9.84 Å². The fourth-order valence-electron chi connectivity index (χ4n) is 2.46. The van der Waals surface area contributed by atoms with Gasteiger partial charge in [-0.1, -0.05) is 13.3 Å². The van der Waals surface area contributed by atoms with Gasteiger partial charge in [-0.3, -0.25) is 9.80 Å². The number of hydrogen-bond donors (Lipinski definition) is 0. The largest absolute Gasteiger partial charge is 0.300 e. The lowest BCUT2D eigenvalue weighted by Crippen LogP contribution is -2.51. The minimum absolute atomic E-state index is 0.00968. The highest BCUT2D eigenvalue weighted by Gasteiger charge is 2.30. The third-order valence-corrected chi connectivity index (χ3v) is 6.75. The molecule has 1 rings (SSSR count). The Hall–Kier alpha value is -0.640. The Labute approximate surface area is 129 Å². The Kier molecular flexibility index (Phi) is 6.64. The number of nitrogens with zero attached hydrogens (tertiary/aromatic N) is 3. The molecule has 1 heterocycles. The van der Waals surface area contributed by atoms with Crippen molar-refractivity contribution in [2.24, 2.45) is 0 Å². The van der Waals surface area contributed by atoms with E-state index in [9.17, 15) is 13.7 Å². The molecule has 0 bridgehead atoms. The molecule has 0 aromatic carbocycles. The predicted molar refractivity (Wildman–Crippen MR) is 85.9 cm³/mol. The van der Waals surface area contributed by atoms with Gasteiger partial charge in [0, 0.05) is 32.7 Å². The average Bonchev–Trinajstić information content (AvgIpc) is 2.42. The molecule has 0 aromatic heterocycles. The van der Waals surface area contributed by atoms with Crippen LogP contribution in [0, 0.1) is 11.3 Å². The molecule has 122 valence electrons. The van der Waals surface area contributed by atoms with E-state index < -0.39 is 14.6 Å². The van der Waals surface area contributed by atoms with Crippen LogP contribution < -0.4 is 0 Å². The highest BCUT2D eigenvalue weighted by Crippen LogP contribution is 2.17. The summed E-state index contributed by atoms with van der Waals surface area (Å²) in [5.74, 6) is 0.215. The van der Waals surface area contributed by atoms with Crippen molar-refractivity contribution in [3.05, 3.63) is 0 Å². The van der Waals surface area contributed by atoms with Crippen LogP contribution in [0.5, 0.6) is 0 Å². The minimum Gasteiger partial charge on any atom is -0.300 e. The van der Waals surface area contributed by atoms with Gasteiger partial charge in [0.1, 0.15) is 0 Å². The van der Waals surface area contributed by atoms with E-state index in [1.165, 1.54) is 0 Å². The maximum absolute atomic E-state index is 12.1. The lowest BCUT2D eigenvalue weighted by molar-refractivity contribution is 0.115. The Morgan fingerprint density at radius 1 is 1.19 bits per heavy atom. The zero-order chi connectivity index (χ0) is 16.1. The Morgan fingerprint density at radius 2 is 1.76 bits per heavy atom. The number of hydrogen-bond acceptors (Lipinski definition) is 5. The normalized spacial score (nSPS) is 20.1. The smallest absolute Gasteiger partial charge is 0.156 e. The van der Waals surface area contributed by atoms with Crippen LogP contribution in [0.4, 0.5) is 0 Å². The molecule has 0 radical (unpaired) electrons. The van der Waals surface area contributed by atoms with Crippen LogP contribution in [0.25, 0.3) is 0 Å².